The van der Waals surface area contributed by atoms with E-state index in [2.05, 4.69) is 10.6 Å². The fraction of sp³-hybridized carbons (Fsp3) is 0.393. The van der Waals surface area contributed by atoms with E-state index in [4.69, 9.17) is 9.47 Å². The number of ether oxygens (including phenoxy) is 2. The number of amides is 4. The lowest BCUT2D eigenvalue weighted by atomic mass is 9.95. The highest BCUT2D eigenvalue weighted by molar-refractivity contribution is 6.01. The molecule has 0 aliphatic carbocycles. The molecule has 9 nitrogen and oxygen atoms in total. The van der Waals surface area contributed by atoms with Crippen LogP contribution in [0.4, 0.5) is 4.79 Å². The molecule has 37 heavy (non-hydrogen) atoms. The molecule has 1 saturated heterocycles. The van der Waals surface area contributed by atoms with Gasteiger partial charge in [0, 0.05) is 32.7 Å². The first-order valence-corrected chi connectivity index (χ1v) is 12.8. The zero-order chi connectivity index (χ0) is 25.8. The molecule has 194 valence electrons. The number of urea groups is 1. The van der Waals surface area contributed by atoms with E-state index < -0.39 is 6.04 Å². The monoisotopic (exact) mass is 504 g/mol. The van der Waals surface area contributed by atoms with Crippen LogP contribution in [0, 0.1) is 0 Å². The average Bonchev–Trinajstić information content (AvgIpc) is 3.55. The molecular formula is C28H32N4O5. The number of likely N-dealkylation sites (N-methyl/N-ethyl adjacent to an activating group) is 1. The minimum absolute atomic E-state index is 0.0731. The maximum atomic E-state index is 13.6. The number of benzene rings is 2. The lowest BCUT2D eigenvalue weighted by Gasteiger charge is -2.33. The zero-order valence-electron chi connectivity index (χ0n) is 20.9. The van der Waals surface area contributed by atoms with Gasteiger partial charge in [0.2, 0.25) is 5.91 Å². The second-order valence-electron chi connectivity index (χ2n) is 9.39. The number of carbonyl (C=O) groups excluding carboxylic acids is 3. The smallest absolute Gasteiger partial charge is 0.322 e. The molecule has 0 spiro atoms. The summed E-state index contributed by atoms with van der Waals surface area (Å²) < 4.78 is 11.5. The Morgan fingerprint density at radius 1 is 1.14 bits per heavy atom. The van der Waals surface area contributed by atoms with Crippen LogP contribution in [0.3, 0.4) is 0 Å². The van der Waals surface area contributed by atoms with Gasteiger partial charge in [-0.2, -0.15) is 0 Å². The number of nitrogens with zero attached hydrogens (tertiary/aromatic N) is 2. The van der Waals surface area contributed by atoms with Gasteiger partial charge in [-0.3, -0.25) is 14.5 Å². The van der Waals surface area contributed by atoms with Gasteiger partial charge in [-0.15, -0.1) is 0 Å². The Morgan fingerprint density at radius 3 is 2.70 bits per heavy atom. The van der Waals surface area contributed by atoms with Crippen LogP contribution in [0.1, 0.15) is 37.8 Å². The van der Waals surface area contributed by atoms with E-state index in [9.17, 15) is 14.4 Å². The zero-order valence-corrected chi connectivity index (χ0v) is 20.9. The number of hydrogen-bond donors (Lipinski definition) is 2. The lowest BCUT2D eigenvalue weighted by molar-refractivity contribution is -0.127. The molecule has 1 fully saturated rings. The number of nitrogens with one attached hydrogen (secondary N) is 2. The predicted molar refractivity (Wildman–Crippen MR) is 137 cm³/mol. The van der Waals surface area contributed by atoms with Crippen LogP contribution in [-0.2, 0) is 14.3 Å². The minimum Gasteiger partial charge on any atom is -0.457 e. The third-order valence-corrected chi connectivity index (χ3v) is 6.94. The maximum absolute atomic E-state index is 13.6. The molecule has 0 saturated carbocycles. The summed E-state index contributed by atoms with van der Waals surface area (Å²) >= 11 is 0. The van der Waals surface area contributed by atoms with E-state index in [0.717, 1.165) is 25.0 Å². The Bertz CT molecular complexity index is 1190. The lowest BCUT2D eigenvalue weighted by Crippen LogP contribution is -2.47. The fourth-order valence-corrected chi connectivity index (χ4v) is 5.05. The van der Waals surface area contributed by atoms with Crippen LogP contribution >= 0.6 is 0 Å². The maximum Gasteiger partial charge on any atom is 0.322 e. The molecule has 3 aliphatic rings. The summed E-state index contributed by atoms with van der Waals surface area (Å²) in [4.78, 5) is 42.2. The molecule has 5 rings (SSSR count). The van der Waals surface area contributed by atoms with Crippen molar-refractivity contribution in [2.75, 3.05) is 32.8 Å². The second kappa shape index (κ2) is 11.0. The van der Waals surface area contributed by atoms with Crippen LogP contribution < -0.4 is 15.4 Å². The van der Waals surface area contributed by atoms with Gasteiger partial charge in [0.25, 0.3) is 5.91 Å². The molecule has 2 aromatic rings. The second-order valence-corrected chi connectivity index (χ2v) is 9.39. The van der Waals surface area contributed by atoms with Gasteiger partial charge in [-0.25, -0.2) is 4.79 Å². The molecular weight excluding hydrogens is 472 g/mol. The summed E-state index contributed by atoms with van der Waals surface area (Å²) in [6.07, 6.45) is 2.23. The Balaban J connectivity index is 1.30. The van der Waals surface area contributed by atoms with Crippen LogP contribution in [0.25, 0.3) is 0 Å². The quantitative estimate of drug-likeness (QED) is 0.546. The molecule has 4 amide bonds. The normalized spacial score (nSPS) is 21.2. The van der Waals surface area contributed by atoms with E-state index in [0.29, 0.717) is 42.4 Å². The van der Waals surface area contributed by atoms with Crippen LogP contribution in [-0.4, -0.2) is 66.5 Å². The number of carbonyl (C=O) groups is 3. The highest BCUT2D eigenvalue weighted by Crippen LogP contribution is 2.37. The third-order valence-electron chi connectivity index (χ3n) is 6.94. The molecule has 2 N–H and O–H groups in total. The van der Waals surface area contributed by atoms with Gasteiger partial charge < -0.3 is 25.0 Å². The molecule has 0 radical (unpaired) electrons. The first-order valence-electron chi connectivity index (χ1n) is 12.8. The Kier molecular flexibility index (Phi) is 7.41. The van der Waals surface area contributed by atoms with Crippen molar-refractivity contribution in [3.05, 3.63) is 71.4 Å². The summed E-state index contributed by atoms with van der Waals surface area (Å²) in [7, 11) is 0. The van der Waals surface area contributed by atoms with Gasteiger partial charge in [0.15, 0.2) is 0 Å². The molecule has 0 bridgehead atoms. The summed E-state index contributed by atoms with van der Waals surface area (Å²) in [6, 6.07) is 16.0. The van der Waals surface area contributed by atoms with Crippen LogP contribution in [0.5, 0.6) is 11.5 Å². The van der Waals surface area contributed by atoms with E-state index in [1.807, 2.05) is 61.5 Å². The summed E-state index contributed by atoms with van der Waals surface area (Å²) in [6.45, 7) is 4.13. The van der Waals surface area contributed by atoms with E-state index in [1.54, 1.807) is 9.80 Å². The van der Waals surface area contributed by atoms with Crippen molar-refractivity contribution in [1.82, 2.24) is 20.4 Å². The Hall–Kier alpha value is -3.85. The topological polar surface area (TPSA) is 100 Å². The predicted octanol–water partition coefficient (Wildman–Crippen LogP) is 3.35. The van der Waals surface area contributed by atoms with Crippen molar-refractivity contribution in [1.29, 1.82) is 0 Å². The molecule has 9 heteroatoms. The highest BCUT2D eigenvalue weighted by Gasteiger charge is 2.43. The van der Waals surface area contributed by atoms with Crippen LogP contribution in [0.2, 0.25) is 0 Å². The van der Waals surface area contributed by atoms with Crippen molar-refractivity contribution in [2.45, 2.75) is 38.3 Å². The molecule has 3 heterocycles. The SMILES string of the molecule is CCN1C(=O)N[C@H](c2cccc(Oc3ccccc3)c2)C2=C1CN(CCC(=O)NC[C@@H]1CCCO1)C2=O. The van der Waals surface area contributed by atoms with Crippen molar-refractivity contribution < 1.29 is 23.9 Å². The number of rotatable bonds is 9. The van der Waals surface area contributed by atoms with Crippen molar-refractivity contribution in [3.8, 4) is 11.5 Å². The number of hydrogen-bond acceptors (Lipinski definition) is 5. The van der Waals surface area contributed by atoms with Crippen LogP contribution in [0.15, 0.2) is 65.9 Å². The Labute approximate surface area is 216 Å². The molecule has 2 aromatic carbocycles. The highest BCUT2D eigenvalue weighted by atomic mass is 16.5. The third kappa shape index (κ3) is 5.46. The first kappa shape index (κ1) is 24.8. The first-order chi connectivity index (χ1) is 18.0. The van der Waals surface area contributed by atoms with Crippen molar-refractivity contribution in [3.63, 3.8) is 0 Å². The molecule has 2 atom stereocenters. The molecule has 3 aliphatic heterocycles. The van der Waals surface area contributed by atoms with Gasteiger partial charge >= 0.3 is 6.03 Å². The minimum atomic E-state index is -0.601. The largest absolute Gasteiger partial charge is 0.457 e. The summed E-state index contributed by atoms with van der Waals surface area (Å²) in [5.41, 5.74) is 1.99. The van der Waals surface area contributed by atoms with Gasteiger partial charge in [0.05, 0.1) is 30.0 Å². The van der Waals surface area contributed by atoms with Gasteiger partial charge in [-0.1, -0.05) is 30.3 Å². The summed E-state index contributed by atoms with van der Waals surface area (Å²) in [5.74, 6) is 1.03. The standard InChI is InChI=1S/C28H32N4O5/c1-2-32-23-18-31(14-13-24(33)29-17-22-12-7-15-36-22)27(34)25(23)26(30-28(32)35)19-8-6-11-21(16-19)37-20-9-4-3-5-10-20/h3-6,8-11,16,22,26H,2,7,12-15,17-18H2,1H3,(H,29,33)(H,30,35)/t22-,26+/m0/s1. The fourth-order valence-electron chi connectivity index (χ4n) is 5.05. The van der Waals surface area contributed by atoms with Gasteiger partial charge in [0.1, 0.15) is 11.5 Å². The average molecular weight is 505 g/mol. The summed E-state index contributed by atoms with van der Waals surface area (Å²) in [5, 5.41) is 5.90. The van der Waals surface area contributed by atoms with Crippen molar-refractivity contribution >= 4 is 17.8 Å². The van der Waals surface area contributed by atoms with E-state index >= 15 is 0 Å². The Morgan fingerprint density at radius 2 is 1.95 bits per heavy atom. The number of para-hydroxylation sites is 1. The van der Waals surface area contributed by atoms with E-state index in [1.165, 1.54) is 0 Å². The molecule has 0 unspecified atom stereocenters. The molecule has 0 aromatic heterocycles. The van der Waals surface area contributed by atoms with Gasteiger partial charge in [-0.05, 0) is 49.6 Å². The van der Waals surface area contributed by atoms with Crippen molar-refractivity contribution in [2.24, 2.45) is 0 Å². The van der Waals surface area contributed by atoms with E-state index in [-0.39, 0.29) is 36.9 Å².